The third-order valence-electron chi connectivity index (χ3n) is 2.85. The molecule has 0 heterocycles. The predicted octanol–water partition coefficient (Wildman–Crippen LogP) is 2.64. The summed E-state index contributed by atoms with van der Waals surface area (Å²) in [6.45, 7) is 8.33. The molecule has 108 valence electrons. The highest BCUT2D eigenvalue weighted by Crippen LogP contribution is 2.09. The second kappa shape index (κ2) is 9.96. The fourth-order valence-electron chi connectivity index (χ4n) is 1.89. The van der Waals surface area contributed by atoms with Crippen LogP contribution in [-0.4, -0.2) is 33.5 Å². The van der Waals surface area contributed by atoms with Gasteiger partial charge in [0.15, 0.2) is 0 Å². The Hall–Kier alpha value is -0.900. The standard InChI is InChI=1S/C16H27NO2/c1-14(2)12-15-4-6-16(7-5-15)13-17-8-9-19-11-10-18-3/h4-7,14,17H,8-13H2,1-3H3. The maximum absolute atomic E-state index is 5.39. The van der Waals surface area contributed by atoms with E-state index in [1.54, 1.807) is 7.11 Å². The lowest BCUT2D eigenvalue weighted by molar-refractivity contribution is 0.0719. The van der Waals surface area contributed by atoms with Crippen LogP contribution in [0.4, 0.5) is 0 Å². The minimum Gasteiger partial charge on any atom is -0.382 e. The van der Waals surface area contributed by atoms with Crippen LogP contribution < -0.4 is 5.32 Å². The van der Waals surface area contributed by atoms with Gasteiger partial charge in [0.2, 0.25) is 0 Å². The van der Waals surface area contributed by atoms with E-state index in [0.29, 0.717) is 19.1 Å². The highest BCUT2D eigenvalue weighted by atomic mass is 16.5. The van der Waals surface area contributed by atoms with E-state index in [0.717, 1.165) is 26.1 Å². The van der Waals surface area contributed by atoms with E-state index >= 15 is 0 Å². The summed E-state index contributed by atoms with van der Waals surface area (Å²) in [5.74, 6) is 0.716. The maximum Gasteiger partial charge on any atom is 0.0700 e. The van der Waals surface area contributed by atoms with Crippen molar-refractivity contribution in [3.05, 3.63) is 35.4 Å². The van der Waals surface area contributed by atoms with Crippen LogP contribution in [0.15, 0.2) is 24.3 Å². The summed E-state index contributed by atoms with van der Waals surface area (Å²) >= 11 is 0. The molecule has 0 unspecified atom stereocenters. The monoisotopic (exact) mass is 265 g/mol. The fourth-order valence-corrected chi connectivity index (χ4v) is 1.89. The number of methoxy groups -OCH3 is 1. The maximum atomic E-state index is 5.39. The van der Waals surface area contributed by atoms with Crippen molar-refractivity contribution < 1.29 is 9.47 Å². The Morgan fingerprint density at radius 1 is 1.00 bits per heavy atom. The molecule has 0 bridgehead atoms. The minimum atomic E-state index is 0.664. The average Bonchev–Trinajstić information content (AvgIpc) is 2.39. The van der Waals surface area contributed by atoms with Gasteiger partial charge in [-0.25, -0.2) is 0 Å². The highest BCUT2D eigenvalue weighted by Gasteiger charge is 1.98. The predicted molar refractivity (Wildman–Crippen MR) is 79.4 cm³/mol. The van der Waals surface area contributed by atoms with E-state index in [1.807, 2.05) is 0 Å². The third kappa shape index (κ3) is 7.98. The second-order valence-electron chi connectivity index (χ2n) is 5.20. The molecule has 0 aromatic heterocycles. The van der Waals surface area contributed by atoms with Crippen molar-refractivity contribution in [2.75, 3.05) is 33.5 Å². The summed E-state index contributed by atoms with van der Waals surface area (Å²) in [6, 6.07) is 8.87. The van der Waals surface area contributed by atoms with Gasteiger partial charge < -0.3 is 14.8 Å². The quantitative estimate of drug-likeness (QED) is 0.660. The highest BCUT2D eigenvalue weighted by molar-refractivity contribution is 5.22. The summed E-state index contributed by atoms with van der Waals surface area (Å²) in [5, 5.41) is 3.37. The fraction of sp³-hybridized carbons (Fsp3) is 0.625. The average molecular weight is 265 g/mol. The minimum absolute atomic E-state index is 0.664. The Labute approximate surface area is 117 Å². The Balaban J connectivity index is 2.12. The Bertz CT molecular complexity index is 322. The number of benzene rings is 1. The lowest BCUT2D eigenvalue weighted by atomic mass is 10.0. The van der Waals surface area contributed by atoms with Crippen LogP contribution in [0.3, 0.4) is 0 Å². The largest absolute Gasteiger partial charge is 0.382 e. The molecule has 0 atom stereocenters. The van der Waals surface area contributed by atoms with Crippen LogP contribution in [0.5, 0.6) is 0 Å². The van der Waals surface area contributed by atoms with E-state index in [4.69, 9.17) is 9.47 Å². The van der Waals surface area contributed by atoms with Crippen LogP contribution in [0.1, 0.15) is 25.0 Å². The van der Waals surface area contributed by atoms with Crippen LogP contribution in [-0.2, 0) is 22.4 Å². The molecule has 0 aliphatic heterocycles. The van der Waals surface area contributed by atoms with Crippen LogP contribution >= 0.6 is 0 Å². The number of ether oxygens (including phenoxy) is 2. The topological polar surface area (TPSA) is 30.5 Å². The third-order valence-corrected chi connectivity index (χ3v) is 2.85. The summed E-state index contributed by atoms with van der Waals surface area (Å²) in [4.78, 5) is 0. The van der Waals surface area contributed by atoms with E-state index < -0.39 is 0 Å². The van der Waals surface area contributed by atoms with Gasteiger partial charge in [0.05, 0.1) is 19.8 Å². The molecule has 0 amide bonds. The van der Waals surface area contributed by atoms with Gasteiger partial charge in [-0.15, -0.1) is 0 Å². The van der Waals surface area contributed by atoms with Crippen molar-refractivity contribution in [3.63, 3.8) is 0 Å². The van der Waals surface area contributed by atoms with Crippen molar-refractivity contribution in [3.8, 4) is 0 Å². The summed E-state index contributed by atoms with van der Waals surface area (Å²) in [7, 11) is 1.69. The molecule has 0 aliphatic rings. The molecule has 3 heteroatoms. The van der Waals surface area contributed by atoms with Crippen molar-refractivity contribution in [1.29, 1.82) is 0 Å². The first kappa shape index (κ1) is 16.2. The molecule has 0 saturated carbocycles. The molecule has 1 aromatic carbocycles. The summed E-state index contributed by atoms with van der Waals surface area (Å²) in [6.07, 6.45) is 1.15. The lowest BCUT2D eigenvalue weighted by Gasteiger charge is -2.08. The molecule has 0 fully saturated rings. The van der Waals surface area contributed by atoms with Gasteiger partial charge in [0, 0.05) is 20.2 Å². The molecular formula is C16H27NO2. The van der Waals surface area contributed by atoms with Crippen LogP contribution in [0.25, 0.3) is 0 Å². The van der Waals surface area contributed by atoms with Gasteiger partial charge in [-0.3, -0.25) is 0 Å². The number of rotatable bonds is 10. The van der Waals surface area contributed by atoms with Gasteiger partial charge in [-0.05, 0) is 23.5 Å². The molecule has 0 aliphatic carbocycles. The number of hydrogen-bond acceptors (Lipinski definition) is 3. The molecular weight excluding hydrogens is 238 g/mol. The first-order valence-corrected chi connectivity index (χ1v) is 7.07. The lowest BCUT2D eigenvalue weighted by Crippen LogP contribution is -2.20. The smallest absolute Gasteiger partial charge is 0.0700 e. The Morgan fingerprint density at radius 2 is 1.68 bits per heavy atom. The zero-order chi connectivity index (χ0) is 13.9. The zero-order valence-corrected chi connectivity index (χ0v) is 12.4. The first-order valence-electron chi connectivity index (χ1n) is 7.07. The van der Waals surface area contributed by atoms with Gasteiger partial charge in [-0.2, -0.15) is 0 Å². The van der Waals surface area contributed by atoms with Crippen LogP contribution in [0, 0.1) is 5.92 Å². The normalized spacial score (nSPS) is 11.2. The molecule has 0 radical (unpaired) electrons. The van der Waals surface area contributed by atoms with Gasteiger partial charge in [0.1, 0.15) is 0 Å². The molecule has 1 rings (SSSR count). The van der Waals surface area contributed by atoms with Gasteiger partial charge in [-0.1, -0.05) is 38.1 Å². The van der Waals surface area contributed by atoms with E-state index in [2.05, 4.69) is 43.4 Å². The van der Waals surface area contributed by atoms with E-state index in [1.165, 1.54) is 11.1 Å². The molecule has 19 heavy (non-hydrogen) atoms. The SMILES string of the molecule is COCCOCCNCc1ccc(CC(C)C)cc1. The van der Waals surface area contributed by atoms with Crippen LogP contribution in [0.2, 0.25) is 0 Å². The zero-order valence-electron chi connectivity index (χ0n) is 12.4. The first-order chi connectivity index (χ1) is 9.22. The Kier molecular flexibility index (Phi) is 8.47. The van der Waals surface area contributed by atoms with Crippen molar-refractivity contribution in [2.24, 2.45) is 5.92 Å². The number of hydrogen-bond donors (Lipinski definition) is 1. The number of nitrogens with one attached hydrogen (secondary N) is 1. The van der Waals surface area contributed by atoms with E-state index in [9.17, 15) is 0 Å². The van der Waals surface area contributed by atoms with Gasteiger partial charge in [0.25, 0.3) is 0 Å². The van der Waals surface area contributed by atoms with Gasteiger partial charge >= 0.3 is 0 Å². The molecule has 1 aromatic rings. The van der Waals surface area contributed by atoms with Crippen molar-refractivity contribution in [2.45, 2.75) is 26.8 Å². The second-order valence-corrected chi connectivity index (χ2v) is 5.20. The van der Waals surface area contributed by atoms with E-state index in [-0.39, 0.29) is 0 Å². The molecule has 1 N–H and O–H groups in total. The van der Waals surface area contributed by atoms with Crippen molar-refractivity contribution in [1.82, 2.24) is 5.32 Å². The molecule has 0 saturated heterocycles. The summed E-state index contributed by atoms with van der Waals surface area (Å²) < 4.78 is 10.3. The molecule has 3 nitrogen and oxygen atoms in total. The molecule has 0 spiro atoms. The van der Waals surface area contributed by atoms with Crippen molar-refractivity contribution >= 4 is 0 Å². The Morgan fingerprint density at radius 3 is 2.32 bits per heavy atom. The summed E-state index contributed by atoms with van der Waals surface area (Å²) in [5.41, 5.74) is 2.74.